The molecule has 1 aliphatic heterocycles. The number of pyridine rings is 1. The van der Waals surface area contributed by atoms with Crippen molar-refractivity contribution in [3.63, 3.8) is 0 Å². The highest BCUT2D eigenvalue weighted by Gasteiger charge is 2.27. The summed E-state index contributed by atoms with van der Waals surface area (Å²) in [5.41, 5.74) is 2.95. The number of anilines is 1. The van der Waals surface area contributed by atoms with Gasteiger partial charge in [-0.1, -0.05) is 28.7 Å². The van der Waals surface area contributed by atoms with Crippen LogP contribution in [-0.4, -0.2) is 62.8 Å². The molecule has 5 rings (SSSR count). The standard InChI is InChI=1S/C20H23N7S2/c1-12-8-15(6-7-26(12)2)27(3)20-25-19-18(29-20)24-17(28-19)16-5-4-13(9-21-16)14-10-22-23-11-14/h4-5,9-12,15H,6-8H2,1-3H3,(H,22,23). The highest BCUT2D eigenvalue weighted by molar-refractivity contribution is 7.29. The highest BCUT2D eigenvalue weighted by atomic mass is 32.1. The van der Waals surface area contributed by atoms with Gasteiger partial charge in [-0.2, -0.15) is 5.10 Å². The number of rotatable bonds is 4. The van der Waals surface area contributed by atoms with E-state index in [1.165, 1.54) is 12.8 Å². The van der Waals surface area contributed by atoms with E-state index in [2.05, 4.69) is 52.1 Å². The fourth-order valence-corrected chi connectivity index (χ4v) is 5.81. The molecule has 0 aromatic carbocycles. The van der Waals surface area contributed by atoms with E-state index in [1.807, 2.05) is 18.5 Å². The fourth-order valence-electron chi connectivity index (χ4n) is 3.76. The van der Waals surface area contributed by atoms with Gasteiger partial charge in [0.05, 0.1) is 11.9 Å². The Labute approximate surface area is 177 Å². The summed E-state index contributed by atoms with van der Waals surface area (Å²) < 4.78 is 0. The monoisotopic (exact) mass is 425 g/mol. The van der Waals surface area contributed by atoms with Gasteiger partial charge in [0.2, 0.25) is 0 Å². The SMILES string of the molecule is CC1CC(N(C)c2nc3sc(-c4ccc(-c5cn[nH]c5)cn4)nc3s2)CCN1C. The van der Waals surface area contributed by atoms with E-state index in [-0.39, 0.29) is 0 Å². The first-order chi connectivity index (χ1) is 14.1. The smallest absolute Gasteiger partial charge is 0.188 e. The Hall–Kier alpha value is -2.36. The normalized spacial score (nSPS) is 20.4. The van der Waals surface area contributed by atoms with Gasteiger partial charge in [-0.3, -0.25) is 10.1 Å². The average Bonchev–Trinajstić information content (AvgIpc) is 3.46. The van der Waals surface area contributed by atoms with Crippen molar-refractivity contribution in [3.8, 4) is 21.8 Å². The predicted molar refractivity (Wildman–Crippen MR) is 120 cm³/mol. The number of thiazole rings is 2. The summed E-state index contributed by atoms with van der Waals surface area (Å²) in [5, 5.41) is 8.80. The molecule has 1 aliphatic rings. The minimum Gasteiger partial charge on any atom is -0.348 e. The molecular weight excluding hydrogens is 402 g/mol. The Bertz CT molecular complexity index is 1070. The Morgan fingerprint density at radius 3 is 2.69 bits per heavy atom. The molecule has 9 heteroatoms. The number of nitrogens with one attached hydrogen (secondary N) is 1. The average molecular weight is 426 g/mol. The number of aromatic amines is 1. The van der Waals surface area contributed by atoms with E-state index in [4.69, 9.17) is 9.97 Å². The predicted octanol–water partition coefficient (Wildman–Crippen LogP) is 4.12. The number of fused-ring (bicyclic) bond motifs is 1. The quantitative estimate of drug-likeness (QED) is 0.530. The van der Waals surface area contributed by atoms with E-state index >= 15 is 0 Å². The van der Waals surface area contributed by atoms with Crippen molar-refractivity contribution in [2.75, 3.05) is 25.5 Å². The fraction of sp³-hybridized carbons (Fsp3) is 0.400. The van der Waals surface area contributed by atoms with Crippen molar-refractivity contribution in [1.82, 2.24) is 30.0 Å². The Morgan fingerprint density at radius 2 is 2.00 bits per heavy atom. The van der Waals surface area contributed by atoms with Gasteiger partial charge in [-0.05, 0) is 32.9 Å². The van der Waals surface area contributed by atoms with Crippen LogP contribution in [0.5, 0.6) is 0 Å². The molecule has 2 atom stereocenters. The molecule has 5 heterocycles. The number of hydrogen-bond acceptors (Lipinski definition) is 8. The van der Waals surface area contributed by atoms with Crippen LogP contribution in [0, 0.1) is 0 Å². The molecule has 1 saturated heterocycles. The van der Waals surface area contributed by atoms with Gasteiger partial charge < -0.3 is 9.80 Å². The van der Waals surface area contributed by atoms with Gasteiger partial charge in [0.1, 0.15) is 5.01 Å². The van der Waals surface area contributed by atoms with Gasteiger partial charge in [0.25, 0.3) is 0 Å². The first kappa shape index (κ1) is 18.7. The summed E-state index contributed by atoms with van der Waals surface area (Å²) >= 11 is 3.29. The van der Waals surface area contributed by atoms with Gasteiger partial charge in [-0.15, -0.1) is 0 Å². The molecule has 0 radical (unpaired) electrons. The molecule has 4 aromatic heterocycles. The molecule has 150 valence electrons. The van der Waals surface area contributed by atoms with E-state index in [0.29, 0.717) is 12.1 Å². The summed E-state index contributed by atoms with van der Waals surface area (Å²) in [7, 11) is 4.38. The minimum absolute atomic E-state index is 0.540. The van der Waals surface area contributed by atoms with Gasteiger partial charge in [0.15, 0.2) is 14.8 Å². The summed E-state index contributed by atoms with van der Waals surface area (Å²) in [6, 6.07) is 5.21. The van der Waals surface area contributed by atoms with Gasteiger partial charge in [-0.25, -0.2) is 9.97 Å². The molecule has 0 saturated carbocycles. The second kappa shape index (κ2) is 7.47. The summed E-state index contributed by atoms with van der Waals surface area (Å²) in [4.78, 5) is 21.1. The highest BCUT2D eigenvalue weighted by Crippen LogP contribution is 2.37. The summed E-state index contributed by atoms with van der Waals surface area (Å²) in [6.07, 6.45) is 7.87. The zero-order valence-electron chi connectivity index (χ0n) is 16.7. The van der Waals surface area contributed by atoms with E-state index < -0.39 is 0 Å². The Morgan fingerprint density at radius 1 is 1.14 bits per heavy atom. The van der Waals surface area contributed by atoms with Crippen LogP contribution in [-0.2, 0) is 0 Å². The Balaban J connectivity index is 1.35. The van der Waals surface area contributed by atoms with Crippen LogP contribution in [0.1, 0.15) is 19.8 Å². The van der Waals surface area contributed by atoms with Crippen LogP contribution in [0.4, 0.5) is 5.13 Å². The third-order valence-electron chi connectivity index (χ3n) is 5.81. The number of H-pyrrole nitrogens is 1. The molecule has 0 spiro atoms. The molecule has 29 heavy (non-hydrogen) atoms. The van der Waals surface area contributed by atoms with E-state index in [0.717, 1.165) is 43.2 Å². The third kappa shape index (κ3) is 3.54. The molecule has 4 aromatic rings. The number of aromatic nitrogens is 5. The minimum atomic E-state index is 0.540. The first-order valence-electron chi connectivity index (χ1n) is 9.74. The Kier molecular flexibility index (Phi) is 4.81. The lowest BCUT2D eigenvalue weighted by Gasteiger charge is -2.39. The van der Waals surface area contributed by atoms with Crippen molar-refractivity contribution < 1.29 is 0 Å². The maximum absolute atomic E-state index is 4.88. The van der Waals surface area contributed by atoms with Gasteiger partial charge in [0, 0.05) is 49.2 Å². The van der Waals surface area contributed by atoms with Crippen molar-refractivity contribution in [3.05, 3.63) is 30.7 Å². The zero-order chi connectivity index (χ0) is 20.0. The molecule has 0 bridgehead atoms. The van der Waals surface area contributed by atoms with Crippen LogP contribution < -0.4 is 4.90 Å². The maximum Gasteiger partial charge on any atom is 0.188 e. The summed E-state index contributed by atoms with van der Waals surface area (Å²) in [6.45, 7) is 3.44. The van der Waals surface area contributed by atoms with E-state index in [1.54, 1.807) is 28.9 Å². The summed E-state index contributed by atoms with van der Waals surface area (Å²) in [5.74, 6) is 0. The number of piperidine rings is 1. The lowest BCUT2D eigenvalue weighted by Crippen LogP contribution is -2.46. The van der Waals surface area contributed by atoms with Crippen molar-refractivity contribution in [2.24, 2.45) is 0 Å². The van der Waals surface area contributed by atoms with Crippen molar-refractivity contribution >= 4 is 37.5 Å². The zero-order valence-corrected chi connectivity index (χ0v) is 18.3. The van der Waals surface area contributed by atoms with Crippen molar-refractivity contribution in [1.29, 1.82) is 0 Å². The third-order valence-corrected chi connectivity index (χ3v) is 7.95. The van der Waals surface area contributed by atoms with Crippen LogP contribution >= 0.6 is 22.7 Å². The first-order valence-corrected chi connectivity index (χ1v) is 11.4. The maximum atomic E-state index is 4.88. The second-order valence-corrected chi connectivity index (χ2v) is 9.60. The molecule has 1 fully saturated rings. The molecule has 7 nitrogen and oxygen atoms in total. The van der Waals surface area contributed by atoms with Gasteiger partial charge >= 0.3 is 0 Å². The second-order valence-electron chi connectivity index (χ2n) is 7.66. The molecular formula is C20H23N7S2. The van der Waals surface area contributed by atoms with Crippen LogP contribution in [0.25, 0.3) is 31.5 Å². The molecule has 2 unspecified atom stereocenters. The lowest BCUT2D eigenvalue weighted by atomic mass is 9.98. The van der Waals surface area contributed by atoms with E-state index in [9.17, 15) is 0 Å². The largest absolute Gasteiger partial charge is 0.348 e. The number of nitrogens with zero attached hydrogens (tertiary/aromatic N) is 6. The van der Waals surface area contributed by atoms with Crippen molar-refractivity contribution in [2.45, 2.75) is 31.8 Å². The molecule has 0 aliphatic carbocycles. The number of likely N-dealkylation sites (tertiary alicyclic amines) is 1. The number of hydrogen-bond donors (Lipinski definition) is 1. The van der Waals surface area contributed by atoms with Crippen LogP contribution in [0.3, 0.4) is 0 Å². The van der Waals surface area contributed by atoms with Crippen LogP contribution in [0.2, 0.25) is 0 Å². The molecule has 0 amide bonds. The topological polar surface area (TPSA) is 73.8 Å². The van der Waals surface area contributed by atoms with Crippen LogP contribution in [0.15, 0.2) is 30.7 Å². The molecule has 1 N–H and O–H groups in total. The lowest BCUT2D eigenvalue weighted by molar-refractivity contribution is 0.181.